The molecule has 1 N–H and O–H groups in total. The number of amides is 1. The molecule has 0 radical (unpaired) electrons. The number of rotatable bonds is 8. The molecular formula is C22H28N2O5S. The highest BCUT2D eigenvalue weighted by atomic mass is 32.2. The topological polar surface area (TPSA) is 84.9 Å². The van der Waals surface area contributed by atoms with Crippen LogP contribution in [0.2, 0.25) is 0 Å². The molecule has 1 heterocycles. The molecular weight excluding hydrogens is 404 g/mol. The Morgan fingerprint density at radius 3 is 2.47 bits per heavy atom. The number of para-hydroxylation sites is 1. The summed E-state index contributed by atoms with van der Waals surface area (Å²) in [6.07, 6.45) is 0. The van der Waals surface area contributed by atoms with E-state index in [1.165, 1.54) is 4.31 Å². The second kappa shape index (κ2) is 10.1. The van der Waals surface area contributed by atoms with Gasteiger partial charge in [-0.1, -0.05) is 30.3 Å². The van der Waals surface area contributed by atoms with Crippen molar-refractivity contribution in [2.75, 3.05) is 32.9 Å². The minimum Gasteiger partial charge on any atom is -0.491 e. The van der Waals surface area contributed by atoms with Gasteiger partial charge in [0.15, 0.2) is 0 Å². The van der Waals surface area contributed by atoms with Crippen molar-refractivity contribution >= 4 is 15.9 Å². The minimum atomic E-state index is -3.39. The summed E-state index contributed by atoms with van der Waals surface area (Å²) in [5.41, 5.74) is 2.16. The molecule has 0 aromatic heterocycles. The van der Waals surface area contributed by atoms with Gasteiger partial charge in [0.2, 0.25) is 10.0 Å². The number of aryl methyl sites for hydroxylation is 1. The van der Waals surface area contributed by atoms with Crippen LogP contribution < -0.4 is 10.1 Å². The number of carbonyl (C=O) groups excluding carboxylic acids is 1. The van der Waals surface area contributed by atoms with Gasteiger partial charge in [0, 0.05) is 18.7 Å². The Hall–Kier alpha value is -2.42. The zero-order valence-electron chi connectivity index (χ0n) is 17.3. The van der Waals surface area contributed by atoms with Gasteiger partial charge in [-0.25, -0.2) is 8.42 Å². The SMILES string of the molecule is Cc1ccccc1OC[C@H](C)NC(=O)c1ccc(CS(=O)(=O)N2CCOCC2)cc1. The highest BCUT2D eigenvalue weighted by Gasteiger charge is 2.24. The Kier molecular flexibility index (Phi) is 7.47. The fraction of sp³-hybridized carbons (Fsp3) is 0.409. The van der Waals surface area contributed by atoms with Crippen LogP contribution in [-0.4, -0.2) is 57.6 Å². The molecule has 3 rings (SSSR count). The van der Waals surface area contributed by atoms with Gasteiger partial charge in [0.25, 0.3) is 5.91 Å². The summed E-state index contributed by atoms with van der Waals surface area (Å²) in [4.78, 5) is 12.5. The monoisotopic (exact) mass is 432 g/mol. The molecule has 1 aliphatic rings. The zero-order valence-corrected chi connectivity index (χ0v) is 18.2. The van der Waals surface area contributed by atoms with Crippen LogP contribution in [0.25, 0.3) is 0 Å². The van der Waals surface area contributed by atoms with Crippen molar-refractivity contribution < 1.29 is 22.7 Å². The Balaban J connectivity index is 1.52. The normalized spacial score (nSPS) is 16.1. The maximum atomic E-state index is 12.5. The van der Waals surface area contributed by atoms with Crippen LogP contribution in [0.3, 0.4) is 0 Å². The molecule has 0 bridgehead atoms. The van der Waals surface area contributed by atoms with Gasteiger partial charge in [-0.2, -0.15) is 4.31 Å². The number of sulfonamides is 1. The van der Waals surface area contributed by atoms with Gasteiger partial charge in [-0.3, -0.25) is 4.79 Å². The van der Waals surface area contributed by atoms with Crippen molar-refractivity contribution in [3.63, 3.8) is 0 Å². The van der Waals surface area contributed by atoms with Crippen LogP contribution in [-0.2, 0) is 20.5 Å². The number of nitrogens with zero attached hydrogens (tertiary/aromatic N) is 1. The van der Waals surface area contributed by atoms with Crippen LogP contribution in [0.5, 0.6) is 5.75 Å². The Morgan fingerprint density at radius 2 is 1.80 bits per heavy atom. The first-order chi connectivity index (χ1) is 14.3. The summed E-state index contributed by atoms with van der Waals surface area (Å²) in [6.45, 7) is 5.80. The minimum absolute atomic E-state index is 0.0877. The second-order valence-electron chi connectivity index (χ2n) is 7.42. The average molecular weight is 433 g/mol. The lowest BCUT2D eigenvalue weighted by molar-refractivity contribution is 0.0729. The van der Waals surface area contributed by atoms with E-state index >= 15 is 0 Å². The number of carbonyl (C=O) groups is 1. The number of benzene rings is 2. The average Bonchev–Trinajstić information content (AvgIpc) is 2.74. The van der Waals surface area contributed by atoms with E-state index in [1.54, 1.807) is 24.3 Å². The van der Waals surface area contributed by atoms with Crippen LogP contribution in [0.15, 0.2) is 48.5 Å². The molecule has 1 atom stereocenters. The lowest BCUT2D eigenvalue weighted by atomic mass is 10.1. The van der Waals surface area contributed by atoms with Crippen LogP contribution in [0, 0.1) is 6.92 Å². The third-order valence-electron chi connectivity index (χ3n) is 4.89. The molecule has 1 saturated heterocycles. The number of ether oxygens (including phenoxy) is 2. The Morgan fingerprint density at radius 1 is 1.13 bits per heavy atom. The van der Waals surface area contributed by atoms with Crippen molar-refractivity contribution in [2.24, 2.45) is 0 Å². The van der Waals surface area contributed by atoms with Gasteiger partial charge in [-0.05, 0) is 43.2 Å². The van der Waals surface area contributed by atoms with Gasteiger partial charge < -0.3 is 14.8 Å². The molecule has 0 aliphatic carbocycles. The first kappa shape index (κ1) is 22.3. The van der Waals surface area contributed by atoms with Gasteiger partial charge in [0.05, 0.1) is 25.0 Å². The van der Waals surface area contributed by atoms with E-state index in [0.717, 1.165) is 11.3 Å². The molecule has 1 amide bonds. The third kappa shape index (κ3) is 6.04. The fourth-order valence-corrected chi connectivity index (χ4v) is 4.66. The molecule has 0 saturated carbocycles. The third-order valence-corrected chi connectivity index (χ3v) is 6.74. The summed E-state index contributed by atoms with van der Waals surface area (Å²) in [5, 5.41) is 2.90. The lowest BCUT2D eigenvalue weighted by Crippen LogP contribution is -2.41. The highest BCUT2D eigenvalue weighted by Crippen LogP contribution is 2.17. The van der Waals surface area contributed by atoms with E-state index < -0.39 is 10.0 Å². The van der Waals surface area contributed by atoms with Crippen molar-refractivity contribution in [3.8, 4) is 5.75 Å². The molecule has 2 aromatic carbocycles. The number of hydrogen-bond donors (Lipinski definition) is 1. The standard InChI is InChI=1S/C22H28N2O5S/c1-17-5-3-4-6-21(17)29-15-18(2)23-22(25)20-9-7-19(8-10-20)16-30(26,27)24-11-13-28-14-12-24/h3-10,18H,11-16H2,1-2H3,(H,23,25)/t18-/m0/s1. The lowest BCUT2D eigenvalue weighted by Gasteiger charge is -2.26. The van der Waals surface area contributed by atoms with Crippen molar-refractivity contribution in [1.29, 1.82) is 0 Å². The van der Waals surface area contributed by atoms with Crippen molar-refractivity contribution in [1.82, 2.24) is 9.62 Å². The highest BCUT2D eigenvalue weighted by molar-refractivity contribution is 7.88. The zero-order chi connectivity index (χ0) is 21.6. The quantitative estimate of drug-likeness (QED) is 0.692. The number of nitrogens with one attached hydrogen (secondary N) is 1. The van der Waals surface area contributed by atoms with Gasteiger partial charge >= 0.3 is 0 Å². The van der Waals surface area contributed by atoms with E-state index in [1.807, 2.05) is 38.1 Å². The van der Waals surface area contributed by atoms with E-state index in [9.17, 15) is 13.2 Å². The van der Waals surface area contributed by atoms with E-state index in [2.05, 4.69) is 5.32 Å². The molecule has 1 aliphatic heterocycles. The molecule has 162 valence electrons. The summed E-state index contributed by atoms with van der Waals surface area (Å²) in [7, 11) is -3.39. The van der Waals surface area contributed by atoms with Gasteiger partial charge in [0.1, 0.15) is 12.4 Å². The molecule has 30 heavy (non-hydrogen) atoms. The molecule has 0 unspecified atom stereocenters. The first-order valence-corrected chi connectivity index (χ1v) is 11.6. The molecule has 1 fully saturated rings. The van der Waals surface area contributed by atoms with Crippen LogP contribution in [0.1, 0.15) is 28.4 Å². The predicted octanol–water partition coefficient (Wildman–Crippen LogP) is 2.35. The largest absolute Gasteiger partial charge is 0.491 e. The summed E-state index contributed by atoms with van der Waals surface area (Å²) >= 11 is 0. The number of morpholine rings is 1. The molecule has 0 spiro atoms. The van der Waals surface area contributed by atoms with E-state index in [4.69, 9.17) is 9.47 Å². The van der Waals surface area contributed by atoms with E-state index in [-0.39, 0.29) is 17.7 Å². The first-order valence-electron chi connectivity index (χ1n) is 9.99. The summed E-state index contributed by atoms with van der Waals surface area (Å²) < 4.78 is 37.4. The fourth-order valence-electron chi connectivity index (χ4n) is 3.16. The van der Waals surface area contributed by atoms with Gasteiger partial charge in [-0.15, -0.1) is 0 Å². The smallest absolute Gasteiger partial charge is 0.251 e. The van der Waals surface area contributed by atoms with Crippen LogP contribution in [0.4, 0.5) is 0 Å². The molecule has 2 aromatic rings. The molecule has 7 nitrogen and oxygen atoms in total. The van der Waals surface area contributed by atoms with Crippen molar-refractivity contribution in [3.05, 3.63) is 65.2 Å². The van der Waals surface area contributed by atoms with Crippen molar-refractivity contribution in [2.45, 2.75) is 25.6 Å². The van der Waals surface area contributed by atoms with E-state index in [0.29, 0.717) is 44.0 Å². The Labute approximate surface area is 178 Å². The maximum absolute atomic E-state index is 12.5. The number of hydrogen-bond acceptors (Lipinski definition) is 5. The Bertz CT molecular complexity index is 954. The van der Waals surface area contributed by atoms with Crippen LogP contribution >= 0.6 is 0 Å². The summed E-state index contributed by atoms with van der Waals surface area (Å²) in [6, 6.07) is 14.2. The predicted molar refractivity (Wildman–Crippen MR) is 115 cm³/mol. The summed E-state index contributed by atoms with van der Waals surface area (Å²) in [5.74, 6) is 0.484. The maximum Gasteiger partial charge on any atom is 0.251 e. The molecule has 8 heteroatoms. The second-order valence-corrected chi connectivity index (χ2v) is 9.38.